The zero-order chi connectivity index (χ0) is 19.2. The molecule has 0 bridgehead atoms. The lowest BCUT2D eigenvalue weighted by molar-refractivity contribution is 0.0621. The van der Waals surface area contributed by atoms with Crippen LogP contribution in [-0.4, -0.2) is 31.7 Å². The van der Waals surface area contributed by atoms with Crippen molar-refractivity contribution in [1.82, 2.24) is 4.90 Å². The zero-order valence-corrected chi connectivity index (χ0v) is 16.6. The van der Waals surface area contributed by atoms with E-state index in [0.29, 0.717) is 6.04 Å². The summed E-state index contributed by atoms with van der Waals surface area (Å²) in [5, 5.41) is 0. The Morgan fingerprint density at radius 3 is 1.68 bits per heavy atom. The second-order valence-electron chi connectivity index (χ2n) is 7.84. The molecule has 144 valence electrons. The summed E-state index contributed by atoms with van der Waals surface area (Å²) in [6, 6.07) is 33.0. The highest BCUT2D eigenvalue weighted by Crippen LogP contribution is 2.39. The van der Waals surface area contributed by atoms with Crippen LogP contribution >= 0.6 is 0 Å². The Morgan fingerprint density at radius 1 is 0.750 bits per heavy atom. The Hall–Kier alpha value is -2.42. The molecule has 1 aliphatic rings. The number of hydrogen-bond donors (Lipinski definition) is 0. The number of hydrogen-bond acceptors (Lipinski definition) is 2. The third-order valence-corrected chi connectivity index (χ3v) is 6.16. The number of benzene rings is 3. The van der Waals surface area contributed by atoms with Crippen molar-refractivity contribution in [2.24, 2.45) is 0 Å². The molecule has 0 aliphatic carbocycles. The lowest BCUT2D eigenvalue weighted by Gasteiger charge is -2.45. The van der Waals surface area contributed by atoms with Gasteiger partial charge in [0.15, 0.2) is 0 Å². The van der Waals surface area contributed by atoms with Crippen LogP contribution in [0, 0.1) is 0 Å². The summed E-state index contributed by atoms with van der Waals surface area (Å²) in [6.07, 6.45) is 2.22. The molecular weight excluding hydrogens is 342 g/mol. The van der Waals surface area contributed by atoms with Gasteiger partial charge in [0.25, 0.3) is 0 Å². The summed E-state index contributed by atoms with van der Waals surface area (Å²) in [4.78, 5) is 2.64. The van der Waals surface area contributed by atoms with E-state index in [2.05, 4.69) is 95.9 Å². The first-order chi connectivity index (χ1) is 13.8. The van der Waals surface area contributed by atoms with E-state index in [1.807, 2.05) is 7.11 Å². The highest BCUT2D eigenvalue weighted by molar-refractivity contribution is 5.33. The van der Waals surface area contributed by atoms with Gasteiger partial charge in [-0.25, -0.2) is 0 Å². The summed E-state index contributed by atoms with van der Waals surface area (Å²) in [6.45, 7) is 2.91. The zero-order valence-electron chi connectivity index (χ0n) is 16.6. The molecule has 0 aromatic heterocycles. The minimum absolute atomic E-state index is 0.116. The third kappa shape index (κ3) is 3.89. The minimum Gasteiger partial charge on any atom is -0.384 e. The van der Waals surface area contributed by atoms with Crippen LogP contribution in [0.5, 0.6) is 0 Å². The van der Waals surface area contributed by atoms with Crippen LogP contribution < -0.4 is 0 Å². The predicted octanol–water partition coefficient (Wildman–Crippen LogP) is 5.46. The number of rotatable bonds is 6. The third-order valence-electron chi connectivity index (χ3n) is 6.16. The van der Waals surface area contributed by atoms with Crippen LogP contribution in [0.15, 0.2) is 91.0 Å². The maximum atomic E-state index is 5.69. The van der Waals surface area contributed by atoms with E-state index in [0.717, 1.165) is 32.5 Å². The number of likely N-dealkylation sites (tertiary alicyclic amines) is 1. The van der Waals surface area contributed by atoms with E-state index in [4.69, 9.17) is 4.74 Å². The van der Waals surface area contributed by atoms with Gasteiger partial charge in [-0.3, -0.25) is 4.90 Å². The Balaban J connectivity index is 1.61. The first-order valence-electron chi connectivity index (χ1n) is 10.2. The highest BCUT2D eigenvalue weighted by atomic mass is 16.5. The Labute approximate surface area is 168 Å². The van der Waals surface area contributed by atoms with Crippen LogP contribution in [0.25, 0.3) is 0 Å². The lowest BCUT2D eigenvalue weighted by Crippen LogP contribution is -2.46. The van der Waals surface area contributed by atoms with Crippen LogP contribution in [0.4, 0.5) is 0 Å². The Bertz CT molecular complexity index is 800. The Morgan fingerprint density at radius 2 is 1.21 bits per heavy atom. The van der Waals surface area contributed by atoms with Crippen molar-refractivity contribution in [1.29, 1.82) is 0 Å². The summed E-state index contributed by atoms with van der Waals surface area (Å²) in [7, 11) is 1.83. The number of methoxy groups -OCH3 is 1. The van der Waals surface area contributed by atoms with Crippen molar-refractivity contribution < 1.29 is 4.74 Å². The highest BCUT2D eigenvalue weighted by Gasteiger charge is 2.38. The van der Waals surface area contributed by atoms with Crippen LogP contribution in [-0.2, 0) is 10.2 Å². The summed E-state index contributed by atoms with van der Waals surface area (Å²) < 4.78 is 5.69. The topological polar surface area (TPSA) is 12.5 Å². The van der Waals surface area contributed by atoms with E-state index in [9.17, 15) is 0 Å². The number of ether oxygens (including phenoxy) is 1. The van der Waals surface area contributed by atoms with Crippen LogP contribution in [0.1, 0.15) is 35.6 Å². The normalized spacial score (nSPS) is 16.9. The number of piperidine rings is 1. The molecule has 3 aromatic carbocycles. The lowest BCUT2D eigenvalue weighted by atomic mass is 9.73. The first kappa shape index (κ1) is 18.9. The molecule has 0 amide bonds. The van der Waals surface area contributed by atoms with Gasteiger partial charge in [-0.05, 0) is 29.5 Å². The molecule has 0 N–H and O–H groups in total. The van der Waals surface area contributed by atoms with E-state index in [1.165, 1.54) is 16.7 Å². The predicted molar refractivity (Wildman–Crippen MR) is 116 cm³/mol. The maximum Gasteiger partial charge on any atom is 0.0601 e. The molecular formula is C26H29NO. The van der Waals surface area contributed by atoms with Crippen LogP contribution in [0.2, 0.25) is 0 Å². The molecule has 1 aliphatic heterocycles. The average molecular weight is 372 g/mol. The van der Waals surface area contributed by atoms with E-state index >= 15 is 0 Å². The van der Waals surface area contributed by atoms with Gasteiger partial charge in [-0.2, -0.15) is 0 Å². The Kier molecular flexibility index (Phi) is 5.90. The summed E-state index contributed by atoms with van der Waals surface area (Å²) in [5.41, 5.74) is 4.26. The molecule has 2 nitrogen and oxygen atoms in total. The molecule has 0 radical (unpaired) electrons. The molecule has 2 heteroatoms. The van der Waals surface area contributed by atoms with Gasteiger partial charge in [0.1, 0.15) is 0 Å². The summed E-state index contributed by atoms with van der Waals surface area (Å²) in [5.74, 6) is 0. The van der Waals surface area contributed by atoms with Crippen molar-refractivity contribution in [2.75, 3.05) is 26.8 Å². The molecule has 0 atom stereocenters. The van der Waals surface area contributed by atoms with E-state index in [-0.39, 0.29) is 5.41 Å². The second kappa shape index (κ2) is 8.72. The van der Waals surface area contributed by atoms with Crippen molar-refractivity contribution in [2.45, 2.75) is 24.3 Å². The fourth-order valence-electron chi connectivity index (χ4n) is 4.68. The van der Waals surface area contributed by atoms with E-state index < -0.39 is 0 Å². The second-order valence-corrected chi connectivity index (χ2v) is 7.84. The largest absolute Gasteiger partial charge is 0.384 e. The monoisotopic (exact) mass is 371 g/mol. The minimum atomic E-state index is 0.116. The molecule has 1 heterocycles. The maximum absolute atomic E-state index is 5.69. The number of nitrogens with zero attached hydrogens (tertiary/aromatic N) is 1. The standard InChI is InChI=1S/C26H29NO/c1-28-21-26(24-15-9-4-10-16-24)17-19-27(20-18-26)25(22-11-5-2-6-12-22)23-13-7-3-8-14-23/h2-16,25H,17-21H2,1H3. The smallest absolute Gasteiger partial charge is 0.0601 e. The SMILES string of the molecule is COCC1(c2ccccc2)CCN(C(c2ccccc2)c2ccccc2)CC1. The van der Waals surface area contributed by atoms with Gasteiger partial charge in [0.2, 0.25) is 0 Å². The van der Waals surface area contributed by atoms with Crippen molar-refractivity contribution in [3.05, 3.63) is 108 Å². The van der Waals surface area contributed by atoms with Crippen molar-refractivity contribution in [3.8, 4) is 0 Å². The van der Waals surface area contributed by atoms with Gasteiger partial charge >= 0.3 is 0 Å². The average Bonchev–Trinajstić information content (AvgIpc) is 2.78. The van der Waals surface area contributed by atoms with Gasteiger partial charge in [-0.1, -0.05) is 91.0 Å². The quantitative estimate of drug-likeness (QED) is 0.571. The molecule has 0 saturated carbocycles. The molecule has 1 saturated heterocycles. The first-order valence-corrected chi connectivity index (χ1v) is 10.2. The van der Waals surface area contributed by atoms with Crippen molar-refractivity contribution in [3.63, 3.8) is 0 Å². The van der Waals surface area contributed by atoms with Gasteiger partial charge in [0.05, 0.1) is 12.6 Å². The van der Waals surface area contributed by atoms with Crippen LogP contribution in [0.3, 0.4) is 0 Å². The molecule has 3 aromatic rings. The van der Waals surface area contributed by atoms with Gasteiger partial charge in [-0.15, -0.1) is 0 Å². The van der Waals surface area contributed by atoms with E-state index in [1.54, 1.807) is 0 Å². The molecule has 0 unspecified atom stereocenters. The van der Waals surface area contributed by atoms with Gasteiger partial charge < -0.3 is 4.74 Å². The van der Waals surface area contributed by atoms with Gasteiger partial charge in [0, 0.05) is 25.6 Å². The molecule has 0 spiro atoms. The molecule has 4 rings (SSSR count). The molecule has 28 heavy (non-hydrogen) atoms. The summed E-state index contributed by atoms with van der Waals surface area (Å²) >= 11 is 0. The fourth-order valence-corrected chi connectivity index (χ4v) is 4.68. The molecule has 1 fully saturated rings. The van der Waals surface area contributed by atoms with Crippen molar-refractivity contribution >= 4 is 0 Å². The fraction of sp³-hybridized carbons (Fsp3) is 0.308.